The molecule has 31 heavy (non-hydrogen) atoms. The molecule has 0 bridgehead atoms. The van der Waals surface area contributed by atoms with Crippen LogP contribution in [-0.2, 0) is 31.6 Å². The number of aromatic nitrogens is 2. The highest BCUT2D eigenvalue weighted by atomic mass is 32.1. The standard InChI is InChI=1S/C10H15F2N2O13P3S/c11-4-10(12)7(15)5(25-8(10)14-2-1-6(31)13-9(14)16)3-24-29(20,21)27-30(22,23)26-28(17,18)19/h1-2,5,7-8,15H,3-4H2,(H,20,21)(H,22,23)(H,13,16,31)(H2,17,18,19)/t5-,7?,8-,10-/m1/s1. The van der Waals surface area contributed by atoms with Crippen LogP contribution in [0.5, 0.6) is 0 Å². The number of phosphoric ester groups is 1. The number of aliphatic hydroxyl groups excluding tert-OH is 1. The smallest absolute Gasteiger partial charge is 0.387 e. The molecule has 21 heteroatoms. The highest BCUT2D eigenvalue weighted by Crippen LogP contribution is 2.66. The molecule has 2 rings (SSSR count). The second-order valence-electron chi connectivity index (χ2n) is 5.94. The van der Waals surface area contributed by atoms with E-state index in [1.165, 1.54) is 0 Å². The lowest BCUT2D eigenvalue weighted by Gasteiger charge is -2.26. The number of nitrogens with zero attached hydrogens (tertiary/aromatic N) is 1. The Morgan fingerprint density at radius 3 is 2.35 bits per heavy atom. The SMILES string of the molecule is O=c1[nH]c(=S)ccn1[C@@H]1O[C@H](COP(=O)(O)OP(=O)(O)OP(=O)(O)O)C(O)[C@]1(F)CF. The lowest BCUT2D eigenvalue weighted by atomic mass is 9.97. The highest BCUT2D eigenvalue weighted by Gasteiger charge is 2.59. The fourth-order valence-electron chi connectivity index (χ4n) is 2.46. The van der Waals surface area contributed by atoms with Gasteiger partial charge in [-0.1, -0.05) is 12.2 Å². The van der Waals surface area contributed by atoms with Gasteiger partial charge < -0.3 is 29.4 Å². The largest absolute Gasteiger partial charge is 0.490 e. The molecular formula is C10H15F2N2O13P3S. The molecule has 0 saturated carbocycles. The van der Waals surface area contributed by atoms with Crippen molar-refractivity contribution < 1.29 is 65.0 Å². The van der Waals surface area contributed by atoms with Crippen LogP contribution in [0.2, 0.25) is 0 Å². The van der Waals surface area contributed by atoms with Gasteiger partial charge in [0, 0.05) is 6.20 Å². The first-order valence-corrected chi connectivity index (χ1v) is 12.6. The van der Waals surface area contributed by atoms with E-state index in [9.17, 15) is 32.9 Å². The van der Waals surface area contributed by atoms with Gasteiger partial charge in [-0.05, 0) is 6.07 Å². The van der Waals surface area contributed by atoms with Crippen LogP contribution in [0.4, 0.5) is 8.78 Å². The average molecular weight is 534 g/mol. The fraction of sp³-hybridized carbons (Fsp3) is 0.600. The van der Waals surface area contributed by atoms with E-state index >= 15 is 4.39 Å². The van der Waals surface area contributed by atoms with Gasteiger partial charge in [-0.2, -0.15) is 8.62 Å². The zero-order valence-electron chi connectivity index (χ0n) is 14.8. The third kappa shape index (κ3) is 6.65. The molecule has 0 spiro atoms. The summed E-state index contributed by atoms with van der Waals surface area (Å²) in [7, 11) is -17.0. The maximum Gasteiger partial charge on any atom is 0.490 e. The summed E-state index contributed by atoms with van der Waals surface area (Å²) in [6.07, 6.45) is -5.43. The van der Waals surface area contributed by atoms with E-state index in [0.29, 0.717) is 4.57 Å². The summed E-state index contributed by atoms with van der Waals surface area (Å²) in [6.45, 7) is -3.13. The number of H-pyrrole nitrogens is 1. The van der Waals surface area contributed by atoms with E-state index < -0.39 is 66.5 Å². The first kappa shape index (κ1) is 26.5. The minimum Gasteiger partial charge on any atom is -0.387 e. The molecule has 1 fully saturated rings. The molecule has 0 aromatic carbocycles. The Morgan fingerprint density at radius 1 is 1.23 bits per heavy atom. The molecule has 6 atom stereocenters. The van der Waals surface area contributed by atoms with Crippen molar-refractivity contribution in [2.24, 2.45) is 0 Å². The number of alkyl halides is 2. The van der Waals surface area contributed by atoms with Crippen LogP contribution in [0.25, 0.3) is 0 Å². The zero-order valence-corrected chi connectivity index (χ0v) is 18.3. The van der Waals surface area contributed by atoms with Gasteiger partial charge >= 0.3 is 29.2 Å². The predicted molar refractivity (Wildman–Crippen MR) is 95.4 cm³/mol. The van der Waals surface area contributed by atoms with Crippen LogP contribution in [0, 0.1) is 4.64 Å². The molecule has 1 aliphatic heterocycles. The number of hydrogen-bond acceptors (Lipinski definition) is 10. The number of aliphatic hydroxyl groups is 1. The van der Waals surface area contributed by atoms with Crippen LogP contribution in [0.3, 0.4) is 0 Å². The molecule has 0 radical (unpaired) electrons. The monoisotopic (exact) mass is 534 g/mol. The molecule has 3 unspecified atom stereocenters. The van der Waals surface area contributed by atoms with Gasteiger partial charge in [-0.15, -0.1) is 0 Å². The number of nitrogens with one attached hydrogen (secondary N) is 1. The summed E-state index contributed by atoms with van der Waals surface area (Å²) in [6, 6.07) is 1.13. The van der Waals surface area contributed by atoms with Gasteiger partial charge in [0.15, 0.2) is 6.23 Å². The third-order valence-corrected chi connectivity index (χ3v) is 7.73. The Labute approximate surface area is 175 Å². The van der Waals surface area contributed by atoms with Gasteiger partial charge in [-0.25, -0.2) is 27.3 Å². The summed E-state index contributed by atoms with van der Waals surface area (Å²) in [5.41, 5.74) is -4.26. The van der Waals surface area contributed by atoms with Gasteiger partial charge in [0.1, 0.15) is 23.5 Å². The first-order valence-electron chi connectivity index (χ1n) is 7.68. The van der Waals surface area contributed by atoms with Crippen LogP contribution >= 0.6 is 35.7 Å². The quantitative estimate of drug-likeness (QED) is 0.184. The summed E-state index contributed by atoms with van der Waals surface area (Å²) in [4.78, 5) is 49.4. The molecule has 1 aromatic rings. The van der Waals surface area contributed by atoms with E-state index in [0.717, 1.165) is 12.3 Å². The summed E-state index contributed by atoms with van der Waals surface area (Å²) < 4.78 is 78.7. The van der Waals surface area contributed by atoms with Gasteiger partial charge in [0.25, 0.3) is 0 Å². The van der Waals surface area contributed by atoms with Crippen LogP contribution in [0.1, 0.15) is 6.23 Å². The lowest BCUT2D eigenvalue weighted by molar-refractivity contribution is -0.0730. The molecule has 2 heterocycles. The molecule has 6 N–H and O–H groups in total. The number of hydrogen-bond donors (Lipinski definition) is 6. The molecule has 1 aromatic heterocycles. The van der Waals surface area contributed by atoms with Gasteiger partial charge in [0.05, 0.1) is 6.61 Å². The normalized spacial score (nSPS) is 30.6. The van der Waals surface area contributed by atoms with Crippen molar-refractivity contribution in [1.29, 1.82) is 0 Å². The topological polar surface area (TPSA) is 227 Å². The third-order valence-electron chi connectivity index (χ3n) is 3.68. The van der Waals surface area contributed by atoms with Crippen LogP contribution in [0.15, 0.2) is 17.1 Å². The summed E-state index contributed by atoms with van der Waals surface area (Å²) in [5.74, 6) is 0. The Kier molecular flexibility index (Phi) is 7.94. The predicted octanol–water partition coefficient (Wildman–Crippen LogP) is 0.185. The van der Waals surface area contributed by atoms with Crippen LogP contribution in [-0.4, -0.2) is 65.4 Å². The molecule has 178 valence electrons. The highest BCUT2D eigenvalue weighted by molar-refractivity contribution is 7.71. The van der Waals surface area contributed by atoms with Gasteiger partial charge in [0.2, 0.25) is 5.67 Å². The Morgan fingerprint density at radius 2 is 1.84 bits per heavy atom. The Hall–Kier alpha value is -0.710. The van der Waals surface area contributed by atoms with Crippen LogP contribution < -0.4 is 5.69 Å². The second kappa shape index (κ2) is 9.27. The van der Waals surface area contributed by atoms with E-state index in [1.54, 1.807) is 0 Å². The van der Waals surface area contributed by atoms with Crippen molar-refractivity contribution >= 4 is 35.7 Å². The molecule has 15 nitrogen and oxygen atoms in total. The minimum atomic E-state index is -5.81. The van der Waals surface area contributed by atoms with E-state index in [4.69, 9.17) is 31.6 Å². The Bertz CT molecular complexity index is 1080. The fourth-order valence-corrected chi connectivity index (χ4v) is 5.64. The van der Waals surface area contributed by atoms with E-state index in [2.05, 4.69) is 18.1 Å². The van der Waals surface area contributed by atoms with Crippen molar-refractivity contribution in [2.45, 2.75) is 24.1 Å². The van der Waals surface area contributed by atoms with E-state index in [1.807, 2.05) is 0 Å². The summed E-state index contributed by atoms with van der Waals surface area (Å²) >= 11 is 4.70. The zero-order chi connectivity index (χ0) is 23.8. The minimum absolute atomic E-state index is 0.0475. The van der Waals surface area contributed by atoms with Crippen molar-refractivity contribution in [1.82, 2.24) is 9.55 Å². The van der Waals surface area contributed by atoms with Crippen molar-refractivity contribution in [2.75, 3.05) is 13.3 Å². The van der Waals surface area contributed by atoms with Crippen molar-refractivity contribution in [3.63, 3.8) is 0 Å². The first-order chi connectivity index (χ1) is 14.0. The maximum absolute atomic E-state index is 15.0. The maximum atomic E-state index is 15.0. The number of aromatic amines is 1. The number of phosphoric acid groups is 3. The van der Waals surface area contributed by atoms with Gasteiger partial charge in [-0.3, -0.25) is 14.1 Å². The average Bonchev–Trinajstić information content (AvgIpc) is 2.82. The second-order valence-corrected chi connectivity index (χ2v) is 10.8. The number of halogens is 2. The molecule has 1 saturated heterocycles. The lowest BCUT2D eigenvalue weighted by Crippen LogP contribution is -2.47. The van der Waals surface area contributed by atoms with Crippen molar-refractivity contribution in [3.05, 3.63) is 27.4 Å². The molecule has 1 aliphatic rings. The number of ether oxygens (including phenoxy) is 1. The molecular weight excluding hydrogens is 519 g/mol. The van der Waals surface area contributed by atoms with Crippen molar-refractivity contribution in [3.8, 4) is 0 Å². The summed E-state index contributed by atoms with van der Waals surface area (Å²) in [5, 5.41) is 10.1. The molecule has 0 amide bonds. The number of rotatable bonds is 9. The van der Waals surface area contributed by atoms with E-state index in [-0.39, 0.29) is 4.64 Å². The molecule has 0 aliphatic carbocycles. The Balaban J connectivity index is 2.18.